The van der Waals surface area contributed by atoms with E-state index in [1.165, 1.54) is 21.3 Å². The minimum Gasteiger partial charge on any atom is -0.496 e. The Balaban J connectivity index is 1.31. The third-order valence-electron chi connectivity index (χ3n) is 6.97. The number of thiophene rings is 1. The van der Waals surface area contributed by atoms with E-state index in [9.17, 15) is 14.4 Å². The van der Waals surface area contributed by atoms with Crippen LogP contribution >= 0.6 is 11.3 Å². The SMILES string of the molecule is COc1ccccc1CNC(=O)CN1OC2C(=O)N(C3CCCCC3)C(=O)C2C1c1cccs1. The van der Waals surface area contributed by atoms with Gasteiger partial charge in [-0.05, 0) is 30.4 Å². The first-order chi connectivity index (χ1) is 16.6. The van der Waals surface area contributed by atoms with Gasteiger partial charge in [-0.1, -0.05) is 43.5 Å². The van der Waals surface area contributed by atoms with Crippen molar-refractivity contribution in [2.75, 3.05) is 13.7 Å². The Kier molecular flexibility index (Phi) is 6.67. The van der Waals surface area contributed by atoms with Crippen LogP contribution in [-0.4, -0.2) is 53.5 Å². The number of carbonyl (C=O) groups excluding carboxylic acids is 3. The molecule has 0 bridgehead atoms. The van der Waals surface area contributed by atoms with Gasteiger partial charge in [0.2, 0.25) is 11.8 Å². The molecule has 2 saturated heterocycles. The summed E-state index contributed by atoms with van der Waals surface area (Å²) in [5.74, 6) is -0.616. The highest BCUT2D eigenvalue weighted by atomic mass is 32.1. The van der Waals surface area contributed by atoms with Crippen molar-refractivity contribution >= 4 is 29.1 Å². The number of methoxy groups -OCH3 is 1. The number of imide groups is 1. The number of hydroxylamine groups is 2. The molecular weight excluding hydrogens is 454 g/mol. The minimum atomic E-state index is -0.872. The summed E-state index contributed by atoms with van der Waals surface area (Å²) in [6, 6.07) is 10.8. The summed E-state index contributed by atoms with van der Waals surface area (Å²) >= 11 is 1.50. The van der Waals surface area contributed by atoms with E-state index in [1.54, 1.807) is 7.11 Å². The van der Waals surface area contributed by atoms with Crippen molar-refractivity contribution in [2.24, 2.45) is 5.92 Å². The second kappa shape index (κ2) is 9.85. The van der Waals surface area contributed by atoms with Crippen LogP contribution in [0.3, 0.4) is 0 Å². The Labute approximate surface area is 202 Å². The Bertz CT molecular complexity index is 1050. The van der Waals surface area contributed by atoms with Gasteiger partial charge in [0.25, 0.3) is 5.91 Å². The highest BCUT2D eigenvalue weighted by Crippen LogP contribution is 2.47. The molecule has 2 aromatic rings. The molecule has 0 spiro atoms. The predicted molar refractivity (Wildman–Crippen MR) is 126 cm³/mol. The average molecular weight is 484 g/mol. The van der Waals surface area contributed by atoms with Crippen LogP contribution in [0.25, 0.3) is 0 Å². The Hall–Kier alpha value is -2.75. The van der Waals surface area contributed by atoms with Crippen molar-refractivity contribution in [3.8, 4) is 5.75 Å². The molecular formula is C25H29N3O5S. The lowest BCUT2D eigenvalue weighted by atomic mass is 9.93. The van der Waals surface area contributed by atoms with Gasteiger partial charge in [0.1, 0.15) is 12.3 Å². The fraction of sp³-hybridized carbons (Fsp3) is 0.480. The first-order valence-corrected chi connectivity index (χ1v) is 12.7. The number of fused-ring (bicyclic) bond motifs is 1. The molecule has 3 atom stereocenters. The number of nitrogens with one attached hydrogen (secondary N) is 1. The smallest absolute Gasteiger partial charge is 0.261 e. The van der Waals surface area contributed by atoms with Crippen molar-refractivity contribution < 1.29 is 24.0 Å². The van der Waals surface area contributed by atoms with Crippen LogP contribution in [0.5, 0.6) is 5.75 Å². The van der Waals surface area contributed by atoms with E-state index in [0.29, 0.717) is 12.3 Å². The van der Waals surface area contributed by atoms with Crippen molar-refractivity contribution in [2.45, 2.75) is 56.8 Å². The lowest BCUT2D eigenvalue weighted by molar-refractivity contribution is -0.183. The fourth-order valence-corrected chi connectivity index (χ4v) is 6.22. The third-order valence-corrected chi connectivity index (χ3v) is 7.91. The normalized spacial score (nSPS) is 25.6. The summed E-state index contributed by atoms with van der Waals surface area (Å²) in [5, 5.41) is 6.35. The number of rotatable bonds is 7. The van der Waals surface area contributed by atoms with E-state index in [4.69, 9.17) is 9.57 Å². The Morgan fingerprint density at radius 1 is 1.12 bits per heavy atom. The lowest BCUT2D eigenvalue weighted by Crippen LogP contribution is -2.45. The second-order valence-corrected chi connectivity index (χ2v) is 9.99. The van der Waals surface area contributed by atoms with Gasteiger partial charge >= 0.3 is 0 Å². The standard InChI is InChI=1S/C25H29N3O5S/c1-32-18-11-6-5-8-16(18)14-26-20(29)15-27-22(19-12-7-13-34-19)21-23(33-27)25(31)28(24(21)30)17-9-3-2-4-10-17/h5-8,11-13,17,21-23H,2-4,9-10,14-15H2,1H3,(H,26,29). The molecule has 3 aliphatic rings. The van der Waals surface area contributed by atoms with Crippen molar-refractivity contribution in [3.05, 3.63) is 52.2 Å². The van der Waals surface area contributed by atoms with Crippen molar-refractivity contribution in [1.29, 1.82) is 0 Å². The first kappa shape index (κ1) is 23.0. The highest BCUT2D eigenvalue weighted by molar-refractivity contribution is 7.10. The van der Waals surface area contributed by atoms with Gasteiger partial charge in [0.15, 0.2) is 6.10 Å². The van der Waals surface area contributed by atoms with Crippen LogP contribution < -0.4 is 10.1 Å². The zero-order valence-electron chi connectivity index (χ0n) is 19.1. The molecule has 34 heavy (non-hydrogen) atoms. The molecule has 8 nitrogen and oxygen atoms in total. The molecule has 1 saturated carbocycles. The molecule has 180 valence electrons. The van der Waals surface area contributed by atoms with Crippen LogP contribution in [-0.2, 0) is 25.8 Å². The van der Waals surface area contributed by atoms with Gasteiger partial charge in [-0.3, -0.25) is 24.1 Å². The summed E-state index contributed by atoms with van der Waals surface area (Å²) < 4.78 is 5.35. The molecule has 3 fully saturated rings. The molecule has 1 aromatic carbocycles. The summed E-state index contributed by atoms with van der Waals surface area (Å²) in [4.78, 5) is 48.0. The quantitative estimate of drug-likeness (QED) is 0.609. The maximum absolute atomic E-state index is 13.5. The number of likely N-dealkylation sites (tertiary alicyclic amines) is 1. The molecule has 1 aliphatic carbocycles. The highest BCUT2D eigenvalue weighted by Gasteiger charge is 2.61. The first-order valence-electron chi connectivity index (χ1n) is 11.8. The largest absolute Gasteiger partial charge is 0.496 e. The van der Waals surface area contributed by atoms with Crippen LogP contribution in [0.15, 0.2) is 41.8 Å². The zero-order valence-corrected chi connectivity index (χ0v) is 20.0. The predicted octanol–water partition coefficient (Wildman–Crippen LogP) is 3.05. The number of nitrogens with zero attached hydrogens (tertiary/aromatic N) is 2. The number of carbonyl (C=O) groups is 3. The van der Waals surface area contributed by atoms with Gasteiger partial charge in [-0.15, -0.1) is 11.3 Å². The number of benzene rings is 1. The maximum atomic E-state index is 13.5. The number of ether oxygens (including phenoxy) is 1. The van der Waals surface area contributed by atoms with Crippen LogP contribution in [0, 0.1) is 5.92 Å². The van der Waals surface area contributed by atoms with Crippen LogP contribution in [0.4, 0.5) is 0 Å². The fourth-order valence-electron chi connectivity index (χ4n) is 5.34. The van der Waals surface area contributed by atoms with Gasteiger partial charge in [0.05, 0.1) is 19.1 Å². The van der Waals surface area contributed by atoms with Crippen LogP contribution in [0.2, 0.25) is 0 Å². The molecule has 1 N–H and O–H groups in total. The second-order valence-electron chi connectivity index (χ2n) is 9.01. The molecule has 3 heterocycles. The van der Waals surface area contributed by atoms with E-state index in [2.05, 4.69) is 5.32 Å². The van der Waals surface area contributed by atoms with E-state index in [1.807, 2.05) is 41.8 Å². The van der Waals surface area contributed by atoms with E-state index in [0.717, 1.165) is 42.5 Å². The molecule has 5 rings (SSSR count). The van der Waals surface area contributed by atoms with E-state index in [-0.39, 0.29) is 30.3 Å². The van der Waals surface area contributed by atoms with Gasteiger partial charge in [-0.2, -0.15) is 5.06 Å². The minimum absolute atomic E-state index is 0.0375. The van der Waals surface area contributed by atoms with Gasteiger partial charge in [0, 0.05) is 23.0 Å². The average Bonchev–Trinajstić information content (AvgIpc) is 3.56. The topological polar surface area (TPSA) is 88.2 Å². The molecule has 2 aliphatic heterocycles. The van der Waals surface area contributed by atoms with Gasteiger partial charge < -0.3 is 10.1 Å². The van der Waals surface area contributed by atoms with E-state index < -0.39 is 18.1 Å². The zero-order chi connectivity index (χ0) is 23.7. The number of para-hydroxylation sites is 1. The molecule has 1 aromatic heterocycles. The summed E-state index contributed by atoms with van der Waals surface area (Å²) in [7, 11) is 1.59. The Morgan fingerprint density at radius 3 is 2.65 bits per heavy atom. The van der Waals surface area contributed by atoms with Crippen molar-refractivity contribution in [3.63, 3.8) is 0 Å². The van der Waals surface area contributed by atoms with Crippen molar-refractivity contribution in [1.82, 2.24) is 15.3 Å². The Morgan fingerprint density at radius 2 is 1.91 bits per heavy atom. The molecule has 0 radical (unpaired) electrons. The molecule has 3 unspecified atom stereocenters. The number of hydrogen-bond acceptors (Lipinski definition) is 7. The maximum Gasteiger partial charge on any atom is 0.261 e. The monoisotopic (exact) mass is 483 g/mol. The summed E-state index contributed by atoms with van der Waals surface area (Å²) in [6.45, 7) is 0.231. The van der Waals surface area contributed by atoms with Crippen LogP contribution in [0.1, 0.15) is 48.6 Å². The lowest BCUT2D eigenvalue weighted by Gasteiger charge is -2.32. The third kappa shape index (κ3) is 4.23. The van der Waals surface area contributed by atoms with E-state index >= 15 is 0 Å². The number of hydrogen-bond donors (Lipinski definition) is 1. The summed E-state index contributed by atoms with van der Waals surface area (Å²) in [5.41, 5.74) is 0.862. The molecule has 3 amide bonds. The summed E-state index contributed by atoms with van der Waals surface area (Å²) in [6.07, 6.45) is 4.05. The number of amides is 3. The van der Waals surface area contributed by atoms with Gasteiger partial charge in [-0.25, -0.2) is 0 Å². The molecule has 9 heteroatoms.